The Balaban J connectivity index is 4.11. The van der Waals surface area contributed by atoms with Gasteiger partial charge in [-0.3, -0.25) is 19.8 Å². The van der Waals surface area contributed by atoms with E-state index < -0.39 is 17.9 Å². The van der Waals surface area contributed by atoms with E-state index in [9.17, 15) is 14.4 Å². The van der Waals surface area contributed by atoms with E-state index in [1.165, 1.54) is 4.90 Å². The Morgan fingerprint density at radius 3 is 2.29 bits per heavy atom. The van der Waals surface area contributed by atoms with Gasteiger partial charge in [0.1, 0.15) is 0 Å². The third-order valence-electron chi connectivity index (χ3n) is 1.86. The molecule has 0 rings (SSSR count). The zero-order chi connectivity index (χ0) is 13.3. The summed E-state index contributed by atoms with van der Waals surface area (Å²) in [5.41, 5.74) is 0. The van der Waals surface area contributed by atoms with Crippen molar-refractivity contribution in [3.8, 4) is 0 Å². The second kappa shape index (κ2) is 8.51. The maximum absolute atomic E-state index is 11.4. The fourth-order valence-electron chi connectivity index (χ4n) is 1.30. The molecule has 0 aromatic heterocycles. The molecule has 0 fully saturated rings. The van der Waals surface area contributed by atoms with Crippen LogP contribution in [0.5, 0.6) is 0 Å². The maximum atomic E-state index is 11.4. The smallest absolute Gasteiger partial charge is 0.321 e. The van der Waals surface area contributed by atoms with E-state index in [1.54, 1.807) is 6.92 Å². The molecule has 0 heterocycles. The van der Waals surface area contributed by atoms with Gasteiger partial charge in [-0.25, -0.2) is 4.79 Å². The van der Waals surface area contributed by atoms with Gasteiger partial charge < -0.3 is 10.4 Å². The summed E-state index contributed by atoms with van der Waals surface area (Å²) >= 11 is 0. The third kappa shape index (κ3) is 8.21. The molecule has 7 nitrogen and oxygen atoms in total. The summed E-state index contributed by atoms with van der Waals surface area (Å²) < 4.78 is 0. The Kier molecular flexibility index (Phi) is 7.70. The van der Waals surface area contributed by atoms with Crippen LogP contribution < -0.4 is 10.6 Å². The Hall–Kier alpha value is -1.63. The van der Waals surface area contributed by atoms with Gasteiger partial charge in [-0.15, -0.1) is 0 Å². The van der Waals surface area contributed by atoms with Gasteiger partial charge in [0, 0.05) is 6.54 Å². The van der Waals surface area contributed by atoms with Crippen LogP contribution in [0.1, 0.15) is 20.3 Å². The number of imide groups is 1. The Bertz CT molecular complexity index is 281. The second-order valence-electron chi connectivity index (χ2n) is 3.51. The van der Waals surface area contributed by atoms with E-state index in [-0.39, 0.29) is 13.1 Å². The number of carbonyl (C=O) groups excluding carboxylic acids is 2. The van der Waals surface area contributed by atoms with Crippen molar-refractivity contribution in [1.82, 2.24) is 15.5 Å². The van der Waals surface area contributed by atoms with E-state index in [4.69, 9.17) is 5.11 Å². The summed E-state index contributed by atoms with van der Waals surface area (Å²) in [5.74, 6) is -1.50. The predicted octanol–water partition coefficient (Wildman–Crippen LogP) is -0.371. The average Bonchev–Trinajstić information content (AvgIpc) is 2.16. The molecule has 7 heteroatoms. The minimum Gasteiger partial charge on any atom is -0.480 e. The zero-order valence-electron chi connectivity index (χ0n) is 10.2. The molecule has 0 aliphatic carbocycles. The molecule has 0 atom stereocenters. The molecule has 0 aromatic rings. The highest BCUT2D eigenvalue weighted by molar-refractivity contribution is 5.95. The number of aliphatic carboxylic acids is 1. The number of carboxylic acids is 1. The van der Waals surface area contributed by atoms with Crippen molar-refractivity contribution in [1.29, 1.82) is 0 Å². The summed E-state index contributed by atoms with van der Waals surface area (Å²) in [7, 11) is 0. The van der Waals surface area contributed by atoms with Crippen LogP contribution in [0.25, 0.3) is 0 Å². The molecular weight excluding hydrogens is 226 g/mol. The number of urea groups is 1. The van der Waals surface area contributed by atoms with Crippen LogP contribution in [0, 0.1) is 0 Å². The van der Waals surface area contributed by atoms with E-state index in [0.717, 1.165) is 6.42 Å². The molecule has 0 aliphatic rings. The SMILES string of the molecule is CCCN(CC(=O)O)CC(=O)NC(=O)NCC. The minimum atomic E-state index is -0.996. The fraction of sp³-hybridized carbons (Fsp3) is 0.700. The second-order valence-corrected chi connectivity index (χ2v) is 3.51. The number of nitrogens with one attached hydrogen (secondary N) is 2. The highest BCUT2D eigenvalue weighted by Crippen LogP contribution is 1.91. The van der Waals surface area contributed by atoms with Crippen molar-refractivity contribution in [2.24, 2.45) is 0 Å². The molecule has 0 bridgehead atoms. The van der Waals surface area contributed by atoms with Gasteiger partial charge in [0.15, 0.2) is 0 Å². The zero-order valence-corrected chi connectivity index (χ0v) is 10.2. The lowest BCUT2D eigenvalue weighted by molar-refractivity contribution is -0.138. The molecule has 0 unspecified atom stereocenters. The number of carboxylic acid groups (broad SMARTS) is 1. The fourth-order valence-corrected chi connectivity index (χ4v) is 1.30. The first-order chi connectivity index (χ1) is 7.99. The standard InChI is InChI=1S/C10H19N3O4/c1-3-5-13(7-9(15)16)6-8(14)12-10(17)11-4-2/h3-7H2,1-2H3,(H,15,16)(H2,11,12,14,17). The minimum absolute atomic E-state index is 0.0999. The van der Waals surface area contributed by atoms with Crippen molar-refractivity contribution < 1.29 is 19.5 Å². The van der Waals surface area contributed by atoms with Crippen LogP contribution in [0.4, 0.5) is 4.79 Å². The van der Waals surface area contributed by atoms with Crippen LogP contribution in [0.15, 0.2) is 0 Å². The number of hydrogen-bond acceptors (Lipinski definition) is 4. The van der Waals surface area contributed by atoms with Crippen LogP contribution in [0.2, 0.25) is 0 Å². The summed E-state index contributed by atoms with van der Waals surface area (Å²) in [5, 5.41) is 13.2. The molecule has 0 aromatic carbocycles. The molecule has 0 spiro atoms. The number of rotatable bonds is 7. The first-order valence-corrected chi connectivity index (χ1v) is 5.51. The molecule has 3 N–H and O–H groups in total. The van der Waals surface area contributed by atoms with Crippen molar-refractivity contribution in [3.05, 3.63) is 0 Å². The first kappa shape index (κ1) is 15.4. The third-order valence-corrected chi connectivity index (χ3v) is 1.86. The van der Waals surface area contributed by atoms with Crippen LogP contribution in [-0.2, 0) is 9.59 Å². The summed E-state index contributed by atoms with van der Waals surface area (Å²) in [6, 6.07) is -0.565. The first-order valence-electron chi connectivity index (χ1n) is 5.51. The summed E-state index contributed by atoms with van der Waals surface area (Å²) in [4.78, 5) is 34.4. The van der Waals surface area contributed by atoms with Crippen LogP contribution in [-0.4, -0.2) is 54.1 Å². The quantitative estimate of drug-likeness (QED) is 0.568. The van der Waals surface area contributed by atoms with Gasteiger partial charge in [-0.1, -0.05) is 6.92 Å². The molecule has 0 aliphatic heterocycles. The van der Waals surface area contributed by atoms with Gasteiger partial charge in [-0.2, -0.15) is 0 Å². The van der Waals surface area contributed by atoms with E-state index in [2.05, 4.69) is 10.6 Å². The molecule has 0 radical (unpaired) electrons. The van der Waals surface area contributed by atoms with Crippen molar-refractivity contribution >= 4 is 17.9 Å². The molecule has 0 saturated heterocycles. The summed E-state index contributed by atoms with van der Waals surface area (Å²) in [6.45, 7) is 4.23. The van der Waals surface area contributed by atoms with E-state index >= 15 is 0 Å². The molecule has 3 amide bonds. The lowest BCUT2D eigenvalue weighted by Crippen LogP contribution is -2.45. The van der Waals surface area contributed by atoms with E-state index in [1.807, 2.05) is 6.92 Å². The molecular formula is C10H19N3O4. The van der Waals surface area contributed by atoms with Crippen molar-refractivity contribution in [2.45, 2.75) is 20.3 Å². The van der Waals surface area contributed by atoms with Gasteiger partial charge in [0.2, 0.25) is 5.91 Å². The van der Waals surface area contributed by atoms with Crippen LogP contribution >= 0.6 is 0 Å². The number of nitrogens with zero attached hydrogens (tertiary/aromatic N) is 1. The highest BCUT2D eigenvalue weighted by Gasteiger charge is 2.14. The normalized spacial score (nSPS) is 10.1. The number of amides is 3. The topological polar surface area (TPSA) is 98.7 Å². The largest absolute Gasteiger partial charge is 0.480 e. The molecule has 0 saturated carbocycles. The Labute approximate surface area is 100 Å². The van der Waals surface area contributed by atoms with Gasteiger partial charge in [-0.05, 0) is 19.9 Å². The maximum Gasteiger partial charge on any atom is 0.321 e. The van der Waals surface area contributed by atoms with E-state index in [0.29, 0.717) is 13.1 Å². The average molecular weight is 245 g/mol. The van der Waals surface area contributed by atoms with Gasteiger partial charge >= 0.3 is 12.0 Å². The monoisotopic (exact) mass is 245 g/mol. The Morgan fingerprint density at radius 2 is 1.82 bits per heavy atom. The number of hydrogen-bond donors (Lipinski definition) is 3. The Morgan fingerprint density at radius 1 is 1.18 bits per heavy atom. The summed E-state index contributed by atoms with van der Waals surface area (Å²) in [6.07, 6.45) is 0.738. The van der Waals surface area contributed by atoms with Crippen molar-refractivity contribution in [2.75, 3.05) is 26.2 Å². The lowest BCUT2D eigenvalue weighted by Gasteiger charge is -2.18. The van der Waals surface area contributed by atoms with Crippen molar-refractivity contribution in [3.63, 3.8) is 0 Å². The molecule has 17 heavy (non-hydrogen) atoms. The molecule has 98 valence electrons. The predicted molar refractivity (Wildman–Crippen MR) is 61.6 cm³/mol. The highest BCUT2D eigenvalue weighted by atomic mass is 16.4. The number of carbonyl (C=O) groups is 3. The van der Waals surface area contributed by atoms with Crippen LogP contribution in [0.3, 0.4) is 0 Å². The van der Waals surface area contributed by atoms with Gasteiger partial charge in [0.25, 0.3) is 0 Å². The van der Waals surface area contributed by atoms with Gasteiger partial charge in [0.05, 0.1) is 13.1 Å². The lowest BCUT2D eigenvalue weighted by atomic mass is 10.4.